The summed E-state index contributed by atoms with van der Waals surface area (Å²) in [6.07, 6.45) is 1.86. The van der Waals surface area contributed by atoms with Crippen molar-refractivity contribution < 1.29 is 9.53 Å². The molecule has 1 aromatic carbocycles. The predicted molar refractivity (Wildman–Crippen MR) is 70.3 cm³/mol. The van der Waals surface area contributed by atoms with Gasteiger partial charge in [-0.3, -0.25) is 4.79 Å². The lowest BCUT2D eigenvalue weighted by Crippen LogP contribution is -2.08. The Morgan fingerprint density at radius 2 is 2.24 bits per heavy atom. The smallest absolute Gasteiger partial charge is 0.311 e. The van der Waals surface area contributed by atoms with Gasteiger partial charge in [0.25, 0.3) is 0 Å². The third-order valence-corrected chi connectivity index (χ3v) is 3.24. The van der Waals surface area contributed by atoms with Gasteiger partial charge >= 0.3 is 5.24 Å². The van der Waals surface area contributed by atoms with Gasteiger partial charge in [0.15, 0.2) is 0 Å². The van der Waals surface area contributed by atoms with Crippen LogP contribution in [0, 0.1) is 6.92 Å². The van der Waals surface area contributed by atoms with Crippen LogP contribution in [0.25, 0.3) is 6.08 Å². The lowest BCUT2D eigenvalue weighted by Gasteiger charge is -2.05. The van der Waals surface area contributed by atoms with Crippen molar-refractivity contribution in [3.8, 4) is 5.75 Å². The molecule has 0 saturated heterocycles. The highest BCUT2D eigenvalue weighted by Gasteiger charge is 2.18. The van der Waals surface area contributed by atoms with Gasteiger partial charge in [0.2, 0.25) is 0 Å². The highest BCUT2D eigenvalue weighted by atomic mass is 32.2. The van der Waals surface area contributed by atoms with Crippen LogP contribution < -0.4 is 10.5 Å². The first-order valence-corrected chi connectivity index (χ1v) is 5.84. The average Bonchev–Trinajstić information content (AvgIpc) is 2.60. The summed E-state index contributed by atoms with van der Waals surface area (Å²) >= 11 is 1.05. The summed E-state index contributed by atoms with van der Waals surface area (Å²) in [6, 6.07) is 5.73. The van der Waals surface area contributed by atoms with Crippen molar-refractivity contribution in [1.29, 1.82) is 0 Å². The van der Waals surface area contributed by atoms with E-state index in [1.165, 1.54) is 0 Å². The van der Waals surface area contributed by atoms with E-state index < -0.39 is 0 Å². The number of hydrogen-bond acceptors (Lipinski definition) is 4. The number of ether oxygens (including phenoxy) is 1. The van der Waals surface area contributed by atoms with Gasteiger partial charge in [-0.15, -0.1) is 0 Å². The van der Waals surface area contributed by atoms with Crippen molar-refractivity contribution in [2.75, 3.05) is 7.11 Å². The van der Waals surface area contributed by atoms with E-state index in [4.69, 9.17) is 10.5 Å². The van der Waals surface area contributed by atoms with Gasteiger partial charge < -0.3 is 10.5 Å². The molecule has 1 aromatic rings. The molecule has 0 aromatic heterocycles. The number of rotatable bonds is 2. The Balaban J connectivity index is 2.34. The lowest BCUT2D eigenvalue weighted by molar-refractivity contribution is 0.268. The maximum absolute atomic E-state index is 11.1. The second-order valence-corrected chi connectivity index (χ2v) is 4.59. The molecule has 0 saturated carbocycles. The van der Waals surface area contributed by atoms with E-state index >= 15 is 0 Å². The molecule has 1 amide bonds. The molecule has 0 radical (unpaired) electrons. The minimum Gasteiger partial charge on any atom is -0.497 e. The molecular weight excluding hydrogens is 236 g/mol. The first-order valence-electron chi connectivity index (χ1n) is 5.03. The molecule has 1 aliphatic heterocycles. The number of aliphatic imine (C=N–C) groups is 1. The van der Waals surface area contributed by atoms with Crippen LogP contribution in [-0.2, 0) is 0 Å². The van der Waals surface area contributed by atoms with Crippen LogP contribution in [-0.4, -0.2) is 18.2 Å². The Bertz CT molecular complexity index is 535. The number of amidine groups is 1. The summed E-state index contributed by atoms with van der Waals surface area (Å²) < 4.78 is 5.13. The highest BCUT2D eigenvalue weighted by Crippen LogP contribution is 2.28. The predicted octanol–water partition coefficient (Wildman–Crippen LogP) is 2.57. The van der Waals surface area contributed by atoms with Gasteiger partial charge in [0.1, 0.15) is 11.6 Å². The Kier molecular flexibility index (Phi) is 3.19. The van der Waals surface area contributed by atoms with Crippen LogP contribution >= 0.6 is 11.8 Å². The number of amides is 1. The molecule has 17 heavy (non-hydrogen) atoms. The first kappa shape index (κ1) is 11.7. The summed E-state index contributed by atoms with van der Waals surface area (Å²) in [4.78, 5) is 15.4. The molecule has 1 heterocycles. The van der Waals surface area contributed by atoms with Crippen molar-refractivity contribution in [2.45, 2.75) is 6.92 Å². The zero-order chi connectivity index (χ0) is 12.4. The molecule has 2 N–H and O–H groups in total. The minimum absolute atomic E-state index is 0.264. The zero-order valence-corrected chi connectivity index (χ0v) is 10.4. The third-order valence-electron chi connectivity index (χ3n) is 2.43. The van der Waals surface area contributed by atoms with Crippen LogP contribution in [0.5, 0.6) is 5.75 Å². The van der Waals surface area contributed by atoms with E-state index in [0.717, 1.165) is 28.6 Å². The van der Waals surface area contributed by atoms with Gasteiger partial charge in [-0.2, -0.15) is 4.99 Å². The molecule has 88 valence electrons. The van der Waals surface area contributed by atoms with Gasteiger partial charge in [-0.1, -0.05) is 6.07 Å². The van der Waals surface area contributed by atoms with Crippen LogP contribution in [0.2, 0.25) is 0 Å². The second kappa shape index (κ2) is 4.63. The largest absolute Gasteiger partial charge is 0.497 e. The fourth-order valence-corrected chi connectivity index (χ4v) is 2.17. The number of thioether (sulfide) groups is 1. The molecule has 2 rings (SSSR count). The van der Waals surface area contributed by atoms with Crippen molar-refractivity contribution in [3.05, 3.63) is 34.2 Å². The van der Waals surface area contributed by atoms with Crippen molar-refractivity contribution >= 4 is 28.9 Å². The summed E-state index contributed by atoms with van der Waals surface area (Å²) in [7, 11) is 1.63. The highest BCUT2D eigenvalue weighted by molar-refractivity contribution is 8.18. The Morgan fingerprint density at radius 3 is 2.76 bits per heavy atom. The average molecular weight is 248 g/mol. The van der Waals surface area contributed by atoms with Crippen LogP contribution in [0.4, 0.5) is 4.79 Å². The molecule has 1 aliphatic rings. The second-order valence-electron chi connectivity index (χ2n) is 3.60. The van der Waals surface area contributed by atoms with E-state index in [2.05, 4.69) is 4.99 Å². The topological polar surface area (TPSA) is 64.7 Å². The number of hydrogen-bond donors (Lipinski definition) is 1. The number of nitrogens with zero attached hydrogens (tertiary/aromatic N) is 1. The maximum atomic E-state index is 11.1. The van der Waals surface area contributed by atoms with E-state index in [0.29, 0.717) is 4.91 Å². The molecule has 0 bridgehead atoms. The van der Waals surface area contributed by atoms with Gasteiger partial charge in [0, 0.05) is 0 Å². The standard InChI is InChI=1S/C12H12N2O2S/c1-7-5-9(16-2)4-3-8(7)6-10-11(13)14-12(15)17-10/h3-6H,1-2H3,(H2,13,14,15). The number of carbonyl (C=O) groups is 1. The fourth-order valence-electron chi connectivity index (χ4n) is 1.50. The summed E-state index contributed by atoms with van der Waals surface area (Å²) in [5, 5.41) is -0.264. The number of methoxy groups -OCH3 is 1. The van der Waals surface area contributed by atoms with Crippen molar-refractivity contribution in [3.63, 3.8) is 0 Å². The number of carbonyl (C=O) groups excluding carboxylic acids is 1. The Morgan fingerprint density at radius 1 is 1.47 bits per heavy atom. The number of nitrogens with two attached hydrogens (primary N) is 1. The normalized spacial score (nSPS) is 17.4. The van der Waals surface area contributed by atoms with E-state index in [9.17, 15) is 4.79 Å². The van der Waals surface area contributed by atoms with E-state index in [1.54, 1.807) is 7.11 Å². The summed E-state index contributed by atoms with van der Waals surface area (Å²) in [5.74, 6) is 1.09. The summed E-state index contributed by atoms with van der Waals surface area (Å²) in [5.41, 5.74) is 7.70. The van der Waals surface area contributed by atoms with Crippen LogP contribution in [0.3, 0.4) is 0 Å². The van der Waals surface area contributed by atoms with Gasteiger partial charge in [-0.25, -0.2) is 0 Å². The van der Waals surface area contributed by atoms with Gasteiger partial charge in [0.05, 0.1) is 12.0 Å². The Hall–Kier alpha value is -1.75. The molecule has 0 aliphatic carbocycles. The SMILES string of the molecule is COc1ccc(C=C2SC(=O)N=C2N)c(C)c1. The first-order chi connectivity index (χ1) is 8.10. The lowest BCUT2D eigenvalue weighted by atomic mass is 10.1. The molecule has 4 nitrogen and oxygen atoms in total. The number of benzene rings is 1. The number of aryl methyl sites for hydroxylation is 1. The fraction of sp³-hybridized carbons (Fsp3) is 0.167. The zero-order valence-electron chi connectivity index (χ0n) is 9.56. The molecular formula is C12H12N2O2S. The molecule has 5 heteroatoms. The summed E-state index contributed by atoms with van der Waals surface area (Å²) in [6.45, 7) is 1.98. The van der Waals surface area contributed by atoms with Gasteiger partial charge in [-0.05, 0) is 48.0 Å². The third kappa shape index (κ3) is 2.50. The Labute approximate surface area is 104 Å². The van der Waals surface area contributed by atoms with Crippen molar-refractivity contribution in [1.82, 2.24) is 0 Å². The maximum Gasteiger partial charge on any atom is 0.311 e. The molecule has 0 spiro atoms. The molecule has 0 fully saturated rings. The quantitative estimate of drug-likeness (QED) is 0.873. The van der Waals surface area contributed by atoms with E-state index in [-0.39, 0.29) is 11.1 Å². The van der Waals surface area contributed by atoms with Crippen molar-refractivity contribution in [2.24, 2.45) is 10.7 Å². The minimum atomic E-state index is -0.264. The van der Waals surface area contributed by atoms with E-state index in [1.807, 2.05) is 31.2 Å². The monoisotopic (exact) mass is 248 g/mol. The van der Waals surface area contributed by atoms with Crippen LogP contribution in [0.1, 0.15) is 11.1 Å². The molecule has 0 atom stereocenters. The molecule has 0 unspecified atom stereocenters. The van der Waals surface area contributed by atoms with Crippen LogP contribution in [0.15, 0.2) is 28.1 Å².